The highest BCUT2D eigenvalue weighted by molar-refractivity contribution is 5.74. The second-order valence-electron chi connectivity index (χ2n) is 5.74. The van der Waals surface area contributed by atoms with E-state index < -0.39 is 5.97 Å². The Kier molecular flexibility index (Phi) is 8.96. The molecule has 0 saturated heterocycles. The molecule has 118 valence electrons. The number of nitrogens with zero attached hydrogens (tertiary/aromatic N) is 1. The fourth-order valence-corrected chi connectivity index (χ4v) is 1.62. The number of aliphatic carboxylic acids is 1. The molecule has 0 aliphatic rings. The average Bonchev–Trinajstić information content (AvgIpc) is 2.35. The van der Waals surface area contributed by atoms with Gasteiger partial charge in [-0.3, -0.25) is 4.79 Å². The molecule has 3 atom stereocenters. The summed E-state index contributed by atoms with van der Waals surface area (Å²) in [5.74, 6) is -1.09. The lowest BCUT2D eigenvalue weighted by Crippen LogP contribution is -2.45. The van der Waals surface area contributed by atoms with Crippen molar-refractivity contribution in [2.45, 2.75) is 52.1 Å². The maximum absolute atomic E-state index is 11.7. The van der Waals surface area contributed by atoms with E-state index in [4.69, 9.17) is 5.11 Å². The molecule has 0 fully saturated rings. The third-order valence-electron chi connectivity index (χ3n) is 3.51. The fraction of sp³-hybridized carbons (Fsp3) is 0.857. The lowest BCUT2D eigenvalue weighted by atomic mass is 10.0. The van der Waals surface area contributed by atoms with E-state index in [-0.39, 0.29) is 24.0 Å². The number of amides is 2. The Morgan fingerprint density at radius 3 is 2.25 bits per heavy atom. The number of carboxylic acid groups (broad SMARTS) is 1. The molecule has 6 heteroatoms. The van der Waals surface area contributed by atoms with Gasteiger partial charge in [0.2, 0.25) is 0 Å². The number of rotatable bonds is 9. The molecule has 0 bridgehead atoms. The van der Waals surface area contributed by atoms with Crippen molar-refractivity contribution in [2.75, 3.05) is 20.6 Å². The van der Waals surface area contributed by atoms with E-state index in [0.29, 0.717) is 13.0 Å². The molecule has 0 aromatic carbocycles. The Morgan fingerprint density at radius 1 is 1.15 bits per heavy atom. The van der Waals surface area contributed by atoms with E-state index >= 15 is 0 Å². The van der Waals surface area contributed by atoms with Gasteiger partial charge in [-0.2, -0.15) is 0 Å². The first kappa shape index (κ1) is 18.7. The highest BCUT2D eigenvalue weighted by atomic mass is 16.4. The van der Waals surface area contributed by atoms with Crippen molar-refractivity contribution < 1.29 is 14.7 Å². The summed E-state index contributed by atoms with van der Waals surface area (Å²) >= 11 is 0. The molecule has 0 spiro atoms. The third kappa shape index (κ3) is 8.74. The zero-order chi connectivity index (χ0) is 15.7. The van der Waals surface area contributed by atoms with Crippen LogP contribution < -0.4 is 10.6 Å². The van der Waals surface area contributed by atoms with Gasteiger partial charge >= 0.3 is 12.0 Å². The molecule has 0 aliphatic carbocycles. The van der Waals surface area contributed by atoms with Gasteiger partial charge in [-0.25, -0.2) is 4.79 Å². The zero-order valence-electron chi connectivity index (χ0n) is 13.3. The van der Waals surface area contributed by atoms with Crippen molar-refractivity contribution in [3.63, 3.8) is 0 Å². The Bertz CT molecular complexity index is 308. The first-order valence-corrected chi connectivity index (χ1v) is 7.17. The zero-order valence-corrected chi connectivity index (χ0v) is 13.3. The van der Waals surface area contributed by atoms with Crippen molar-refractivity contribution in [1.82, 2.24) is 15.5 Å². The lowest BCUT2D eigenvalue weighted by Gasteiger charge is -2.21. The average molecular weight is 287 g/mol. The van der Waals surface area contributed by atoms with E-state index in [1.54, 1.807) is 6.92 Å². The van der Waals surface area contributed by atoms with E-state index in [1.807, 2.05) is 32.8 Å². The topological polar surface area (TPSA) is 81.7 Å². The molecule has 3 unspecified atom stereocenters. The summed E-state index contributed by atoms with van der Waals surface area (Å²) < 4.78 is 0. The van der Waals surface area contributed by atoms with Crippen LogP contribution >= 0.6 is 0 Å². The summed E-state index contributed by atoms with van der Waals surface area (Å²) in [5.41, 5.74) is 0. The molecule has 0 heterocycles. The number of nitrogens with one attached hydrogen (secondary N) is 2. The largest absolute Gasteiger partial charge is 0.481 e. The Morgan fingerprint density at radius 2 is 1.75 bits per heavy atom. The summed E-state index contributed by atoms with van der Waals surface area (Å²) in [6.07, 6.45) is 2.22. The maximum atomic E-state index is 11.7. The number of carbonyl (C=O) groups is 2. The third-order valence-corrected chi connectivity index (χ3v) is 3.51. The minimum absolute atomic E-state index is 0.0469. The normalized spacial score (nSPS) is 15.5. The highest BCUT2D eigenvalue weighted by Crippen LogP contribution is 2.09. The van der Waals surface area contributed by atoms with Gasteiger partial charge in [0.1, 0.15) is 0 Å². The van der Waals surface area contributed by atoms with Crippen molar-refractivity contribution in [3.8, 4) is 0 Å². The molecule has 3 N–H and O–H groups in total. The molecule has 0 aromatic heterocycles. The number of carboxylic acids is 1. The molecule has 0 radical (unpaired) electrons. The van der Waals surface area contributed by atoms with Crippen molar-refractivity contribution in [1.29, 1.82) is 0 Å². The van der Waals surface area contributed by atoms with Gasteiger partial charge in [-0.15, -0.1) is 0 Å². The summed E-state index contributed by atoms with van der Waals surface area (Å²) in [7, 11) is 3.94. The van der Waals surface area contributed by atoms with Crippen LogP contribution in [0.3, 0.4) is 0 Å². The molecule has 0 aliphatic heterocycles. The number of urea groups is 1. The molecule has 0 aromatic rings. The van der Waals surface area contributed by atoms with Crippen LogP contribution in [0.4, 0.5) is 4.79 Å². The maximum Gasteiger partial charge on any atom is 0.315 e. The van der Waals surface area contributed by atoms with E-state index in [2.05, 4.69) is 10.6 Å². The highest BCUT2D eigenvalue weighted by Gasteiger charge is 2.13. The Hall–Kier alpha value is -1.30. The van der Waals surface area contributed by atoms with Gasteiger partial charge in [-0.1, -0.05) is 13.3 Å². The van der Waals surface area contributed by atoms with Crippen LogP contribution in [-0.4, -0.2) is 54.7 Å². The van der Waals surface area contributed by atoms with Gasteiger partial charge in [0.05, 0.1) is 5.92 Å². The van der Waals surface area contributed by atoms with Gasteiger partial charge < -0.3 is 20.6 Å². The summed E-state index contributed by atoms with van der Waals surface area (Å²) in [4.78, 5) is 24.4. The van der Waals surface area contributed by atoms with Crippen LogP contribution in [0.1, 0.15) is 40.0 Å². The van der Waals surface area contributed by atoms with Crippen LogP contribution in [0.2, 0.25) is 0 Å². The smallest absolute Gasteiger partial charge is 0.315 e. The van der Waals surface area contributed by atoms with Crippen LogP contribution in [0.15, 0.2) is 0 Å². The fourth-order valence-electron chi connectivity index (χ4n) is 1.62. The summed E-state index contributed by atoms with van der Waals surface area (Å²) in [5, 5.41) is 14.5. The quantitative estimate of drug-likeness (QED) is 0.600. The minimum Gasteiger partial charge on any atom is -0.481 e. The number of hydrogen-bond acceptors (Lipinski definition) is 3. The summed E-state index contributed by atoms with van der Waals surface area (Å²) in [6, 6.07) is 0.163. The standard InChI is InChI=1S/C14H29N3O3/c1-10(13(18)19)7-6-8-11(2)16-14(20)15-9-12(3)17(4)5/h10-12H,6-9H2,1-5H3,(H,18,19)(H2,15,16,20). The molecule has 0 rings (SSSR count). The van der Waals surface area contributed by atoms with Gasteiger partial charge in [0.15, 0.2) is 0 Å². The molecular formula is C14H29N3O3. The first-order chi connectivity index (χ1) is 9.23. The lowest BCUT2D eigenvalue weighted by molar-refractivity contribution is -0.141. The molecule has 0 saturated carbocycles. The monoisotopic (exact) mass is 287 g/mol. The van der Waals surface area contributed by atoms with Crippen LogP contribution in [-0.2, 0) is 4.79 Å². The molecule has 20 heavy (non-hydrogen) atoms. The van der Waals surface area contributed by atoms with Crippen LogP contribution in [0, 0.1) is 5.92 Å². The SMILES string of the molecule is CC(CCCC(C)C(=O)O)NC(=O)NCC(C)N(C)C. The summed E-state index contributed by atoms with van der Waals surface area (Å²) in [6.45, 7) is 6.27. The minimum atomic E-state index is -0.763. The van der Waals surface area contributed by atoms with Crippen molar-refractivity contribution in [3.05, 3.63) is 0 Å². The van der Waals surface area contributed by atoms with Gasteiger partial charge in [0.25, 0.3) is 0 Å². The predicted octanol–water partition coefficient (Wildman–Crippen LogP) is 1.52. The molecular weight excluding hydrogens is 258 g/mol. The number of carbonyl (C=O) groups excluding carboxylic acids is 1. The predicted molar refractivity (Wildman–Crippen MR) is 79.8 cm³/mol. The van der Waals surface area contributed by atoms with Gasteiger partial charge in [0, 0.05) is 18.6 Å². The van der Waals surface area contributed by atoms with Gasteiger partial charge in [-0.05, 0) is 40.8 Å². The van der Waals surface area contributed by atoms with E-state index in [0.717, 1.165) is 12.8 Å². The second-order valence-corrected chi connectivity index (χ2v) is 5.74. The Labute approximate surface area is 121 Å². The van der Waals surface area contributed by atoms with Crippen LogP contribution in [0.5, 0.6) is 0 Å². The second kappa shape index (κ2) is 9.58. The first-order valence-electron chi connectivity index (χ1n) is 7.17. The molecule has 2 amide bonds. The van der Waals surface area contributed by atoms with E-state index in [9.17, 15) is 9.59 Å². The van der Waals surface area contributed by atoms with Crippen molar-refractivity contribution in [2.24, 2.45) is 5.92 Å². The van der Waals surface area contributed by atoms with E-state index in [1.165, 1.54) is 0 Å². The van der Waals surface area contributed by atoms with Crippen molar-refractivity contribution >= 4 is 12.0 Å². The number of hydrogen-bond donors (Lipinski definition) is 3. The van der Waals surface area contributed by atoms with Crippen LogP contribution in [0.25, 0.3) is 0 Å². The Balaban J connectivity index is 3.77. The number of likely N-dealkylation sites (N-methyl/N-ethyl adjacent to an activating group) is 1. The molecule has 6 nitrogen and oxygen atoms in total.